The Morgan fingerprint density at radius 2 is 1.96 bits per heavy atom. The molecule has 0 bridgehead atoms. The maximum atomic E-state index is 11.6. The van der Waals surface area contributed by atoms with E-state index in [4.69, 9.17) is 4.74 Å². The van der Waals surface area contributed by atoms with Gasteiger partial charge in [0.2, 0.25) is 0 Å². The van der Waals surface area contributed by atoms with E-state index in [0.29, 0.717) is 6.54 Å². The Labute approximate surface area is 142 Å². The molecule has 1 aliphatic carbocycles. The molecule has 0 unspecified atom stereocenters. The molecular weight excluding hydrogens is 306 g/mol. The maximum absolute atomic E-state index is 11.6. The minimum Gasteiger partial charge on any atom is -0.371 e. The fourth-order valence-corrected chi connectivity index (χ4v) is 2.84. The molecule has 2 fully saturated rings. The molecule has 2 amide bonds. The first kappa shape index (κ1) is 16.9. The van der Waals surface area contributed by atoms with Crippen LogP contribution in [0.1, 0.15) is 30.9 Å². The van der Waals surface area contributed by atoms with E-state index in [1.807, 2.05) is 18.2 Å². The lowest BCUT2D eigenvalue weighted by molar-refractivity contribution is -0.139. The largest absolute Gasteiger partial charge is 0.371 e. The highest BCUT2D eigenvalue weighted by atomic mass is 16.5. The molecule has 1 heterocycles. The summed E-state index contributed by atoms with van der Waals surface area (Å²) in [5.74, 6) is -1.03. The molecule has 1 aromatic carbocycles. The second-order valence-corrected chi connectivity index (χ2v) is 6.43. The van der Waals surface area contributed by atoms with Crippen LogP contribution in [0.3, 0.4) is 0 Å². The lowest BCUT2D eigenvalue weighted by atomic mass is 10.1. The zero-order valence-corrected chi connectivity index (χ0v) is 13.9. The molecule has 1 saturated heterocycles. The van der Waals surface area contributed by atoms with E-state index in [0.717, 1.165) is 45.5 Å². The average Bonchev–Trinajstić information content (AvgIpc) is 3.43. The van der Waals surface area contributed by atoms with Gasteiger partial charge in [0.25, 0.3) is 0 Å². The fraction of sp³-hybridized carbons (Fsp3) is 0.556. The van der Waals surface area contributed by atoms with Crippen molar-refractivity contribution in [2.45, 2.75) is 31.4 Å². The molecule has 2 aliphatic rings. The first-order valence-electron chi connectivity index (χ1n) is 8.70. The summed E-state index contributed by atoms with van der Waals surface area (Å²) in [7, 11) is 0. The number of morpholine rings is 1. The van der Waals surface area contributed by atoms with E-state index in [-0.39, 0.29) is 12.1 Å². The van der Waals surface area contributed by atoms with Crippen LogP contribution in [-0.4, -0.2) is 55.5 Å². The van der Waals surface area contributed by atoms with E-state index in [2.05, 4.69) is 27.7 Å². The molecule has 0 aromatic heterocycles. The number of nitrogens with one attached hydrogen (secondary N) is 2. The molecule has 1 aliphatic heterocycles. The minimum atomic E-state index is -0.522. The Kier molecular flexibility index (Phi) is 5.82. The van der Waals surface area contributed by atoms with Crippen LogP contribution in [0.15, 0.2) is 30.3 Å². The van der Waals surface area contributed by atoms with Gasteiger partial charge in [-0.3, -0.25) is 14.5 Å². The number of rotatable bonds is 6. The SMILES string of the molecule is O=C(NCCCN1CCO[C@@H](c2ccccc2)C1)C(=O)NC1CC1. The van der Waals surface area contributed by atoms with E-state index in [1.165, 1.54) is 5.56 Å². The van der Waals surface area contributed by atoms with Crippen molar-refractivity contribution >= 4 is 11.8 Å². The summed E-state index contributed by atoms with van der Waals surface area (Å²) in [5.41, 5.74) is 1.20. The monoisotopic (exact) mass is 331 g/mol. The molecule has 1 atom stereocenters. The number of carbonyl (C=O) groups excluding carboxylic acids is 2. The van der Waals surface area contributed by atoms with Crippen LogP contribution in [0.4, 0.5) is 0 Å². The number of hydrogen-bond donors (Lipinski definition) is 2. The lowest BCUT2D eigenvalue weighted by Crippen LogP contribution is -2.42. The van der Waals surface area contributed by atoms with Gasteiger partial charge in [0, 0.05) is 32.2 Å². The van der Waals surface area contributed by atoms with Crippen molar-refractivity contribution in [3.05, 3.63) is 35.9 Å². The summed E-state index contributed by atoms with van der Waals surface area (Å²) < 4.78 is 5.85. The topological polar surface area (TPSA) is 70.7 Å². The van der Waals surface area contributed by atoms with Crippen LogP contribution in [0.2, 0.25) is 0 Å². The smallest absolute Gasteiger partial charge is 0.309 e. The second kappa shape index (κ2) is 8.26. The number of benzene rings is 1. The summed E-state index contributed by atoms with van der Waals surface area (Å²) in [6.45, 7) is 3.89. The third-order valence-electron chi connectivity index (χ3n) is 4.38. The highest BCUT2D eigenvalue weighted by Crippen LogP contribution is 2.21. The van der Waals surface area contributed by atoms with Crippen LogP contribution >= 0.6 is 0 Å². The second-order valence-electron chi connectivity index (χ2n) is 6.43. The van der Waals surface area contributed by atoms with E-state index >= 15 is 0 Å². The van der Waals surface area contributed by atoms with Gasteiger partial charge >= 0.3 is 11.8 Å². The lowest BCUT2D eigenvalue weighted by Gasteiger charge is -2.33. The van der Waals surface area contributed by atoms with Gasteiger partial charge in [-0.05, 0) is 24.8 Å². The molecule has 24 heavy (non-hydrogen) atoms. The maximum Gasteiger partial charge on any atom is 0.309 e. The molecule has 1 saturated carbocycles. The van der Waals surface area contributed by atoms with Crippen molar-refractivity contribution < 1.29 is 14.3 Å². The first-order valence-corrected chi connectivity index (χ1v) is 8.70. The molecule has 3 rings (SSSR count). The number of hydrogen-bond acceptors (Lipinski definition) is 4. The zero-order valence-electron chi connectivity index (χ0n) is 13.9. The molecule has 6 heteroatoms. The highest BCUT2D eigenvalue weighted by molar-refractivity contribution is 6.35. The average molecular weight is 331 g/mol. The Morgan fingerprint density at radius 1 is 1.17 bits per heavy atom. The minimum absolute atomic E-state index is 0.110. The predicted molar refractivity (Wildman–Crippen MR) is 90.4 cm³/mol. The van der Waals surface area contributed by atoms with Gasteiger partial charge in [0.05, 0.1) is 12.7 Å². The molecule has 0 radical (unpaired) electrons. The quantitative estimate of drug-likeness (QED) is 0.599. The first-order chi connectivity index (χ1) is 11.7. The number of amides is 2. The molecule has 6 nitrogen and oxygen atoms in total. The van der Waals surface area contributed by atoms with Gasteiger partial charge in [-0.15, -0.1) is 0 Å². The Hall–Kier alpha value is -1.92. The van der Waals surface area contributed by atoms with Gasteiger partial charge in [0.1, 0.15) is 0 Å². The number of carbonyl (C=O) groups is 2. The van der Waals surface area contributed by atoms with Crippen molar-refractivity contribution in [2.75, 3.05) is 32.8 Å². The number of nitrogens with zero attached hydrogens (tertiary/aromatic N) is 1. The van der Waals surface area contributed by atoms with E-state index in [1.54, 1.807) is 0 Å². The predicted octanol–water partition coefficient (Wildman–Crippen LogP) is 0.845. The summed E-state index contributed by atoms with van der Waals surface area (Å²) in [4.78, 5) is 25.5. The third-order valence-corrected chi connectivity index (χ3v) is 4.38. The molecular formula is C18H25N3O3. The van der Waals surface area contributed by atoms with Gasteiger partial charge in [-0.25, -0.2) is 0 Å². The van der Waals surface area contributed by atoms with Crippen LogP contribution in [0.5, 0.6) is 0 Å². The van der Waals surface area contributed by atoms with Crippen LogP contribution in [0.25, 0.3) is 0 Å². The van der Waals surface area contributed by atoms with Crippen LogP contribution < -0.4 is 10.6 Å². The van der Waals surface area contributed by atoms with Gasteiger partial charge in [-0.2, -0.15) is 0 Å². The Morgan fingerprint density at radius 3 is 2.71 bits per heavy atom. The molecule has 130 valence electrons. The third kappa shape index (κ3) is 5.04. The summed E-state index contributed by atoms with van der Waals surface area (Å²) >= 11 is 0. The van der Waals surface area contributed by atoms with Gasteiger partial charge < -0.3 is 15.4 Å². The van der Waals surface area contributed by atoms with Crippen molar-refractivity contribution in [1.29, 1.82) is 0 Å². The molecule has 0 spiro atoms. The Balaban J connectivity index is 1.34. The number of ether oxygens (including phenoxy) is 1. The van der Waals surface area contributed by atoms with Crippen molar-refractivity contribution in [2.24, 2.45) is 0 Å². The highest BCUT2D eigenvalue weighted by Gasteiger charge is 2.26. The summed E-state index contributed by atoms with van der Waals surface area (Å²) in [6.07, 6.45) is 2.90. The van der Waals surface area contributed by atoms with Crippen LogP contribution in [-0.2, 0) is 14.3 Å². The van der Waals surface area contributed by atoms with Gasteiger partial charge in [0.15, 0.2) is 0 Å². The Bertz CT molecular complexity index is 560. The molecule has 2 N–H and O–H groups in total. The zero-order chi connectivity index (χ0) is 16.8. The standard InChI is InChI=1S/C18H25N3O3/c22-17(18(23)20-15-7-8-15)19-9-4-10-21-11-12-24-16(13-21)14-5-2-1-3-6-14/h1-3,5-6,15-16H,4,7-13H2,(H,19,22)(H,20,23)/t16-/m1/s1. The molecule has 1 aromatic rings. The van der Waals surface area contributed by atoms with Crippen LogP contribution in [0, 0.1) is 0 Å². The van der Waals surface area contributed by atoms with Crippen molar-refractivity contribution in [1.82, 2.24) is 15.5 Å². The van der Waals surface area contributed by atoms with E-state index < -0.39 is 11.8 Å². The fourth-order valence-electron chi connectivity index (χ4n) is 2.84. The van der Waals surface area contributed by atoms with Crippen molar-refractivity contribution in [3.8, 4) is 0 Å². The normalized spacial score (nSPS) is 21.2. The van der Waals surface area contributed by atoms with Crippen molar-refractivity contribution in [3.63, 3.8) is 0 Å². The summed E-state index contributed by atoms with van der Waals surface area (Å²) in [6, 6.07) is 10.5. The van der Waals surface area contributed by atoms with Gasteiger partial charge in [-0.1, -0.05) is 30.3 Å². The van der Waals surface area contributed by atoms with E-state index in [9.17, 15) is 9.59 Å². The summed E-state index contributed by atoms with van der Waals surface area (Å²) in [5, 5.41) is 5.38.